The minimum Gasteiger partial charge on any atom is -0.497 e. The third-order valence-electron chi connectivity index (χ3n) is 3.34. The first kappa shape index (κ1) is 19.4. The van der Waals surface area contributed by atoms with Crippen LogP contribution >= 0.6 is 23.7 Å². The van der Waals surface area contributed by atoms with Crippen LogP contribution in [0.15, 0.2) is 24.3 Å². The summed E-state index contributed by atoms with van der Waals surface area (Å²) in [5, 5.41) is 3.83. The Morgan fingerprint density at radius 1 is 1.30 bits per heavy atom. The Hall–Kier alpha value is -1.63. The Morgan fingerprint density at radius 2 is 1.91 bits per heavy atom. The van der Waals surface area contributed by atoms with Crippen molar-refractivity contribution >= 4 is 29.7 Å². The van der Waals surface area contributed by atoms with Crippen LogP contribution in [-0.4, -0.2) is 24.0 Å². The molecule has 1 aromatic carbocycles. The van der Waals surface area contributed by atoms with Crippen LogP contribution in [0, 0.1) is 6.92 Å². The lowest BCUT2D eigenvalue weighted by Gasteiger charge is -2.14. The van der Waals surface area contributed by atoms with Gasteiger partial charge in [-0.2, -0.15) is 0 Å². The van der Waals surface area contributed by atoms with E-state index < -0.39 is 6.04 Å². The number of hydrogen-bond acceptors (Lipinski definition) is 5. The number of thiazole rings is 1. The first-order valence-corrected chi connectivity index (χ1v) is 7.91. The fourth-order valence-corrected chi connectivity index (χ4v) is 3.15. The predicted octanol–water partition coefficient (Wildman–Crippen LogP) is 3.07. The molecule has 0 saturated heterocycles. The molecule has 1 aromatic heterocycles. The molecule has 2 atom stereocenters. The fraction of sp³-hybridized carbons (Fsp3) is 0.375. The van der Waals surface area contributed by atoms with Crippen molar-refractivity contribution < 1.29 is 9.53 Å². The highest BCUT2D eigenvalue weighted by Gasteiger charge is 2.18. The van der Waals surface area contributed by atoms with E-state index >= 15 is 0 Å². The summed E-state index contributed by atoms with van der Waals surface area (Å²) in [6.07, 6.45) is 0. The van der Waals surface area contributed by atoms with Gasteiger partial charge in [0.25, 0.3) is 0 Å². The van der Waals surface area contributed by atoms with Crippen LogP contribution in [0.4, 0.5) is 0 Å². The Morgan fingerprint density at radius 3 is 2.43 bits per heavy atom. The molecule has 0 radical (unpaired) electrons. The van der Waals surface area contributed by atoms with Crippen LogP contribution in [0.1, 0.15) is 30.5 Å². The number of ether oxygens (including phenoxy) is 1. The number of carbonyl (C=O) groups is 1. The number of rotatable bonds is 5. The van der Waals surface area contributed by atoms with E-state index in [0.717, 1.165) is 26.9 Å². The minimum atomic E-state index is -0.517. The molecule has 0 saturated carbocycles. The SMILES string of the molecule is COc1ccc(-c2nc(C)c(C(C)NC(=O)[C@H](C)N)s2)cc1.Cl. The van der Waals surface area contributed by atoms with Gasteiger partial charge in [0.05, 0.1) is 29.8 Å². The topological polar surface area (TPSA) is 77.2 Å². The molecule has 7 heteroatoms. The molecule has 1 amide bonds. The van der Waals surface area contributed by atoms with Gasteiger partial charge < -0.3 is 15.8 Å². The molecule has 23 heavy (non-hydrogen) atoms. The van der Waals surface area contributed by atoms with Gasteiger partial charge in [-0.1, -0.05) is 0 Å². The zero-order chi connectivity index (χ0) is 16.3. The van der Waals surface area contributed by atoms with Gasteiger partial charge in [0.1, 0.15) is 10.8 Å². The number of aromatic nitrogens is 1. The second-order valence-electron chi connectivity index (χ2n) is 5.22. The predicted molar refractivity (Wildman–Crippen MR) is 96.3 cm³/mol. The summed E-state index contributed by atoms with van der Waals surface area (Å²) in [5.41, 5.74) is 7.55. The van der Waals surface area contributed by atoms with Crippen LogP contribution in [0.2, 0.25) is 0 Å². The Kier molecular flexibility index (Phi) is 7.00. The second kappa shape index (κ2) is 8.29. The van der Waals surface area contributed by atoms with Crippen molar-refractivity contribution in [2.75, 3.05) is 7.11 Å². The molecule has 0 bridgehead atoms. The summed E-state index contributed by atoms with van der Waals surface area (Å²) >= 11 is 1.58. The lowest BCUT2D eigenvalue weighted by molar-refractivity contribution is -0.122. The summed E-state index contributed by atoms with van der Waals surface area (Å²) in [6.45, 7) is 5.57. The van der Waals surface area contributed by atoms with Crippen LogP contribution in [0.5, 0.6) is 5.75 Å². The molecule has 0 aliphatic heterocycles. The number of amides is 1. The molecule has 3 N–H and O–H groups in total. The third kappa shape index (κ3) is 4.67. The van der Waals surface area contributed by atoms with E-state index in [0.29, 0.717) is 0 Å². The number of nitrogens with one attached hydrogen (secondary N) is 1. The molecule has 1 unspecified atom stereocenters. The van der Waals surface area contributed by atoms with E-state index in [-0.39, 0.29) is 24.4 Å². The average Bonchev–Trinajstić information content (AvgIpc) is 2.89. The number of nitrogens with two attached hydrogens (primary N) is 1. The number of halogens is 1. The van der Waals surface area contributed by atoms with Gasteiger partial charge in [0, 0.05) is 5.56 Å². The van der Waals surface area contributed by atoms with Crippen molar-refractivity contribution in [3.63, 3.8) is 0 Å². The highest BCUT2D eigenvalue weighted by atomic mass is 35.5. The summed E-state index contributed by atoms with van der Waals surface area (Å²) in [6, 6.07) is 7.15. The van der Waals surface area contributed by atoms with E-state index in [4.69, 9.17) is 10.5 Å². The summed E-state index contributed by atoms with van der Waals surface area (Å²) in [7, 11) is 1.64. The average molecular weight is 356 g/mol. The number of methoxy groups -OCH3 is 1. The zero-order valence-electron chi connectivity index (χ0n) is 13.6. The second-order valence-corrected chi connectivity index (χ2v) is 6.25. The monoisotopic (exact) mass is 355 g/mol. The Bertz CT molecular complexity index is 656. The smallest absolute Gasteiger partial charge is 0.237 e. The first-order chi connectivity index (χ1) is 10.4. The molecule has 2 aromatic rings. The van der Waals surface area contributed by atoms with Gasteiger partial charge in [-0.15, -0.1) is 23.7 Å². The van der Waals surface area contributed by atoms with Crippen molar-refractivity contribution in [3.8, 4) is 16.3 Å². The maximum absolute atomic E-state index is 11.7. The van der Waals surface area contributed by atoms with Crippen LogP contribution in [-0.2, 0) is 4.79 Å². The van der Waals surface area contributed by atoms with E-state index in [1.54, 1.807) is 25.4 Å². The van der Waals surface area contributed by atoms with E-state index in [1.807, 2.05) is 38.1 Å². The maximum Gasteiger partial charge on any atom is 0.237 e. The maximum atomic E-state index is 11.7. The van der Waals surface area contributed by atoms with Crippen molar-refractivity contribution in [3.05, 3.63) is 34.8 Å². The highest BCUT2D eigenvalue weighted by Crippen LogP contribution is 2.32. The number of benzene rings is 1. The minimum absolute atomic E-state index is 0. The fourth-order valence-electron chi connectivity index (χ4n) is 2.08. The van der Waals surface area contributed by atoms with E-state index in [9.17, 15) is 4.79 Å². The summed E-state index contributed by atoms with van der Waals surface area (Å²) < 4.78 is 5.16. The van der Waals surface area contributed by atoms with Gasteiger partial charge in [-0.05, 0) is 45.0 Å². The Balaban J connectivity index is 0.00000264. The zero-order valence-corrected chi connectivity index (χ0v) is 15.3. The molecular formula is C16H22ClN3O2S. The normalized spacial score (nSPS) is 12.9. The largest absolute Gasteiger partial charge is 0.497 e. The lowest BCUT2D eigenvalue weighted by Crippen LogP contribution is -2.39. The third-order valence-corrected chi connectivity index (χ3v) is 4.72. The molecule has 0 aliphatic rings. The van der Waals surface area contributed by atoms with Crippen molar-refractivity contribution in [2.24, 2.45) is 5.73 Å². The molecule has 5 nitrogen and oxygen atoms in total. The van der Waals surface area contributed by atoms with Gasteiger partial charge in [-0.25, -0.2) is 4.98 Å². The molecule has 1 heterocycles. The first-order valence-electron chi connectivity index (χ1n) is 7.10. The number of hydrogen-bond donors (Lipinski definition) is 2. The molecule has 0 fully saturated rings. The number of carbonyl (C=O) groups excluding carboxylic acids is 1. The van der Waals surface area contributed by atoms with Gasteiger partial charge >= 0.3 is 0 Å². The van der Waals surface area contributed by atoms with Gasteiger partial charge in [-0.3, -0.25) is 4.79 Å². The summed E-state index contributed by atoms with van der Waals surface area (Å²) in [5.74, 6) is 0.654. The molecule has 2 rings (SSSR count). The molecule has 126 valence electrons. The van der Waals surface area contributed by atoms with Crippen LogP contribution in [0.3, 0.4) is 0 Å². The van der Waals surface area contributed by atoms with Crippen molar-refractivity contribution in [2.45, 2.75) is 32.9 Å². The standard InChI is InChI=1S/C16H21N3O2S.ClH/c1-9(17)15(20)18-10(2)14-11(3)19-16(22-14)12-5-7-13(21-4)8-6-12;/h5-10H,17H2,1-4H3,(H,18,20);1H/t9-,10?;/m0./s1. The molecule has 0 aliphatic carbocycles. The van der Waals surface area contributed by atoms with E-state index in [1.165, 1.54) is 0 Å². The van der Waals surface area contributed by atoms with Crippen LogP contribution in [0.25, 0.3) is 10.6 Å². The van der Waals surface area contributed by atoms with E-state index in [2.05, 4.69) is 10.3 Å². The number of aryl methyl sites for hydroxylation is 1. The number of nitrogens with zero attached hydrogens (tertiary/aromatic N) is 1. The Labute approximate surface area is 146 Å². The quantitative estimate of drug-likeness (QED) is 0.864. The molecular weight excluding hydrogens is 334 g/mol. The van der Waals surface area contributed by atoms with Gasteiger partial charge in [0.15, 0.2) is 0 Å². The van der Waals surface area contributed by atoms with Crippen molar-refractivity contribution in [1.29, 1.82) is 0 Å². The van der Waals surface area contributed by atoms with Crippen molar-refractivity contribution in [1.82, 2.24) is 10.3 Å². The summed E-state index contributed by atoms with van der Waals surface area (Å²) in [4.78, 5) is 17.4. The highest BCUT2D eigenvalue weighted by molar-refractivity contribution is 7.15. The van der Waals surface area contributed by atoms with Gasteiger partial charge in [0.2, 0.25) is 5.91 Å². The van der Waals surface area contributed by atoms with Crippen LogP contribution < -0.4 is 15.8 Å². The lowest BCUT2D eigenvalue weighted by atomic mass is 10.2. The molecule has 0 spiro atoms.